The minimum absolute atomic E-state index is 0.0853. The summed E-state index contributed by atoms with van der Waals surface area (Å²) in [4.78, 5) is 13.6. The molecule has 1 aliphatic heterocycles. The Bertz CT molecular complexity index is 996. The van der Waals surface area contributed by atoms with Crippen LogP contribution in [0, 0.1) is 13.8 Å². The van der Waals surface area contributed by atoms with Gasteiger partial charge in [-0.1, -0.05) is 29.8 Å². The van der Waals surface area contributed by atoms with E-state index in [1.165, 1.54) is 5.56 Å². The second kappa shape index (κ2) is 6.81. The molecule has 0 amide bonds. The average Bonchev–Trinajstić information content (AvgIpc) is 3.18. The molecule has 1 aromatic heterocycles. The van der Waals surface area contributed by atoms with E-state index < -0.39 is 0 Å². The molecule has 0 bridgehead atoms. The highest BCUT2D eigenvalue weighted by atomic mass is 32.1. The van der Waals surface area contributed by atoms with Crippen LogP contribution in [0.3, 0.4) is 0 Å². The van der Waals surface area contributed by atoms with Crippen molar-refractivity contribution in [2.24, 2.45) is 0 Å². The number of benzene rings is 2. The summed E-state index contributed by atoms with van der Waals surface area (Å²) in [5.74, 6) is 1.52. The minimum atomic E-state index is -0.0853. The first-order valence-corrected chi connectivity index (χ1v) is 9.29. The van der Waals surface area contributed by atoms with Crippen LogP contribution in [0.15, 0.2) is 59.7 Å². The van der Waals surface area contributed by atoms with E-state index in [2.05, 4.69) is 19.1 Å². The van der Waals surface area contributed by atoms with Crippen LogP contribution in [0.25, 0.3) is 6.08 Å². The molecule has 3 nitrogen and oxygen atoms in total. The summed E-state index contributed by atoms with van der Waals surface area (Å²) in [6.45, 7) is 4.55. The number of ketones is 1. The third-order valence-electron chi connectivity index (χ3n) is 4.33. The Labute approximate surface area is 156 Å². The Kier molecular flexibility index (Phi) is 4.35. The molecule has 26 heavy (non-hydrogen) atoms. The summed E-state index contributed by atoms with van der Waals surface area (Å²) < 4.78 is 11.6. The molecule has 4 heteroatoms. The fraction of sp³-hybridized carbons (Fsp3) is 0.136. The maximum Gasteiger partial charge on any atom is 0.232 e. The minimum Gasteiger partial charge on any atom is -0.489 e. The van der Waals surface area contributed by atoms with Crippen molar-refractivity contribution in [3.8, 4) is 11.5 Å². The number of fused-ring (bicyclic) bond motifs is 1. The fourth-order valence-corrected chi connectivity index (χ4v) is 3.61. The molecule has 3 aromatic rings. The second-order valence-corrected chi connectivity index (χ2v) is 7.29. The first-order chi connectivity index (χ1) is 12.6. The quantitative estimate of drug-likeness (QED) is 0.570. The highest BCUT2D eigenvalue weighted by molar-refractivity contribution is 7.11. The molecule has 1 aliphatic rings. The number of allylic oxidation sites excluding steroid dienone is 1. The summed E-state index contributed by atoms with van der Waals surface area (Å²) in [7, 11) is 0. The fourth-order valence-electron chi connectivity index (χ4n) is 2.76. The number of carbonyl (C=O) groups is 1. The topological polar surface area (TPSA) is 35.5 Å². The summed E-state index contributed by atoms with van der Waals surface area (Å²) >= 11 is 1.59. The maximum atomic E-state index is 12.5. The maximum absolute atomic E-state index is 12.5. The highest BCUT2D eigenvalue weighted by Gasteiger charge is 2.28. The van der Waals surface area contributed by atoms with Crippen LogP contribution < -0.4 is 9.47 Å². The van der Waals surface area contributed by atoms with Gasteiger partial charge < -0.3 is 9.47 Å². The van der Waals surface area contributed by atoms with E-state index in [1.807, 2.05) is 42.6 Å². The Morgan fingerprint density at radius 2 is 1.88 bits per heavy atom. The Morgan fingerprint density at radius 3 is 2.62 bits per heavy atom. The van der Waals surface area contributed by atoms with Gasteiger partial charge in [0.15, 0.2) is 5.76 Å². The third-order valence-corrected chi connectivity index (χ3v) is 5.30. The van der Waals surface area contributed by atoms with E-state index in [-0.39, 0.29) is 5.78 Å². The number of rotatable bonds is 4. The Hall–Kier alpha value is -2.85. The van der Waals surface area contributed by atoms with Crippen LogP contribution in [0.4, 0.5) is 0 Å². The first-order valence-electron chi connectivity index (χ1n) is 8.41. The molecule has 0 fully saturated rings. The van der Waals surface area contributed by atoms with E-state index in [0.717, 1.165) is 16.0 Å². The van der Waals surface area contributed by atoms with Gasteiger partial charge in [-0.05, 0) is 48.6 Å². The molecule has 0 saturated heterocycles. The van der Waals surface area contributed by atoms with Crippen LogP contribution in [0.2, 0.25) is 0 Å². The summed E-state index contributed by atoms with van der Waals surface area (Å²) in [6.07, 6.45) is 1.81. The molecular formula is C22H18O3S. The number of thiophene rings is 1. The zero-order chi connectivity index (χ0) is 18.1. The number of carbonyl (C=O) groups excluding carboxylic acids is 1. The van der Waals surface area contributed by atoms with Gasteiger partial charge in [0, 0.05) is 17.0 Å². The van der Waals surface area contributed by atoms with Gasteiger partial charge in [0.25, 0.3) is 0 Å². The van der Waals surface area contributed by atoms with Crippen molar-refractivity contribution in [3.05, 3.63) is 86.8 Å². The number of ether oxygens (including phenoxy) is 2. The highest BCUT2D eigenvalue weighted by Crippen LogP contribution is 2.35. The number of hydrogen-bond acceptors (Lipinski definition) is 4. The largest absolute Gasteiger partial charge is 0.489 e. The van der Waals surface area contributed by atoms with E-state index >= 15 is 0 Å². The van der Waals surface area contributed by atoms with Crippen LogP contribution in [0.5, 0.6) is 11.5 Å². The first kappa shape index (κ1) is 16.6. The molecule has 0 atom stereocenters. The van der Waals surface area contributed by atoms with Crippen molar-refractivity contribution < 1.29 is 14.3 Å². The van der Waals surface area contributed by atoms with Crippen molar-refractivity contribution >= 4 is 23.2 Å². The number of aryl methyl sites for hydroxylation is 2. The molecule has 4 rings (SSSR count). The van der Waals surface area contributed by atoms with E-state index in [4.69, 9.17) is 9.47 Å². The van der Waals surface area contributed by atoms with Crippen molar-refractivity contribution in [1.29, 1.82) is 0 Å². The normalized spacial score (nSPS) is 14.4. The predicted molar refractivity (Wildman–Crippen MR) is 104 cm³/mol. The lowest BCUT2D eigenvalue weighted by Gasteiger charge is -2.07. The molecule has 0 unspecified atom stereocenters. The number of Topliss-reactive ketones (excluding diaryl/α,β-unsaturated/α-hetero) is 1. The zero-order valence-corrected chi connectivity index (χ0v) is 15.4. The summed E-state index contributed by atoms with van der Waals surface area (Å²) in [6, 6.07) is 15.6. The van der Waals surface area contributed by atoms with Crippen molar-refractivity contribution in [1.82, 2.24) is 0 Å². The van der Waals surface area contributed by atoms with Gasteiger partial charge in [0.2, 0.25) is 5.78 Å². The van der Waals surface area contributed by atoms with E-state index in [0.29, 0.717) is 29.4 Å². The Balaban J connectivity index is 1.51. The lowest BCUT2D eigenvalue weighted by molar-refractivity contribution is 0.101. The lowest BCUT2D eigenvalue weighted by atomic mass is 10.1. The van der Waals surface area contributed by atoms with Crippen LogP contribution in [-0.2, 0) is 6.61 Å². The van der Waals surface area contributed by atoms with Gasteiger partial charge in [-0.2, -0.15) is 0 Å². The van der Waals surface area contributed by atoms with Crippen LogP contribution in [0.1, 0.15) is 31.9 Å². The predicted octanol–water partition coefficient (Wildman–Crippen LogP) is 5.56. The molecule has 0 saturated carbocycles. The van der Waals surface area contributed by atoms with Crippen LogP contribution in [-0.4, -0.2) is 5.78 Å². The van der Waals surface area contributed by atoms with Gasteiger partial charge in [0.1, 0.15) is 18.1 Å². The molecule has 0 aliphatic carbocycles. The SMILES string of the molecule is Cc1ccc(COc2ccc3c(c2)O/C(=C\c2sccc2C)C3=O)cc1. The zero-order valence-electron chi connectivity index (χ0n) is 14.6. The van der Waals surface area contributed by atoms with E-state index in [1.54, 1.807) is 23.5 Å². The molecule has 2 heterocycles. The molecule has 130 valence electrons. The molecular weight excluding hydrogens is 344 g/mol. The van der Waals surface area contributed by atoms with Gasteiger partial charge in [-0.15, -0.1) is 11.3 Å². The summed E-state index contributed by atoms with van der Waals surface area (Å²) in [5.41, 5.74) is 4.03. The molecule has 0 spiro atoms. The van der Waals surface area contributed by atoms with Gasteiger partial charge in [-0.25, -0.2) is 0 Å². The third kappa shape index (κ3) is 3.28. The second-order valence-electron chi connectivity index (χ2n) is 6.34. The average molecular weight is 362 g/mol. The monoisotopic (exact) mass is 362 g/mol. The molecule has 2 aromatic carbocycles. The Morgan fingerprint density at radius 1 is 1.08 bits per heavy atom. The van der Waals surface area contributed by atoms with Crippen molar-refractivity contribution in [3.63, 3.8) is 0 Å². The van der Waals surface area contributed by atoms with Crippen molar-refractivity contribution in [2.75, 3.05) is 0 Å². The molecule has 0 radical (unpaired) electrons. The number of hydrogen-bond donors (Lipinski definition) is 0. The van der Waals surface area contributed by atoms with Gasteiger partial charge in [-0.3, -0.25) is 4.79 Å². The standard InChI is InChI=1S/C22H18O3S/c1-14-3-5-16(6-4-14)13-24-17-7-8-18-19(11-17)25-20(22(18)23)12-21-15(2)9-10-26-21/h3-12H,13H2,1-2H3/b20-12-. The summed E-state index contributed by atoms with van der Waals surface area (Å²) in [5, 5.41) is 2.01. The lowest BCUT2D eigenvalue weighted by Crippen LogP contribution is -1.97. The van der Waals surface area contributed by atoms with Gasteiger partial charge >= 0.3 is 0 Å². The molecule has 0 N–H and O–H groups in total. The van der Waals surface area contributed by atoms with E-state index in [9.17, 15) is 4.79 Å². The van der Waals surface area contributed by atoms with Gasteiger partial charge in [0.05, 0.1) is 5.56 Å². The van der Waals surface area contributed by atoms with Crippen molar-refractivity contribution in [2.45, 2.75) is 20.5 Å². The smallest absolute Gasteiger partial charge is 0.232 e. The van der Waals surface area contributed by atoms with Crippen LogP contribution >= 0.6 is 11.3 Å².